The van der Waals surface area contributed by atoms with Gasteiger partial charge in [0.25, 0.3) is 5.91 Å². The molecule has 2 heterocycles. The highest BCUT2D eigenvalue weighted by Gasteiger charge is 2.24. The topological polar surface area (TPSA) is 42.4 Å². The third kappa shape index (κ3) is 4.02. The Morgan fingerprint density at radius 3 is 2.57 bits per heavy atom. The van der Waals surface area contributed by atoms with Crippen LogP contribution in [-0.2, 0) is 0 Å². The van der Waals surface area contributed by atoms with Crippen molar-refractivity contribution in [3.63, 3.8) is 0 Å². The molecule has 1 amide bonds. The average Bonchev–Trinajstić information content (AvgIpc) is 2.57. The first kappa shape index (κ1) is 15.8. The van der Waals surface area contributed by atoms with Crippen LogP contribution in [0.15, 0.2) is 42.6 Å². The number of hydrogen-bond donors (Lipinski definition) is 0. The van der Waals surface area contributed by atoms with Gasteiger partial charge in [0.15, 0.2) is 0 Å². The number of nitrogens with zero attached hydrogens (tertiary/aromatic N) is 2. The molecule has 1 aliphatic rings. The summed E-state index contributed by atoms with van der Waals surface area (Å²) < 4.78 is 5.96. The van der Waals surface area contributed by atoms with Gasteiger partial charge < -0.3 is 9.64 Å². The third-order valence-corrected chi connectivity index (χ3v) is 4.24. The van der Waals surface area contributed by atoms with Gasteiger partial charge in [-0.3, -0.25) is 9.78 Å². The summed E-state index contributed by atoms with van der Waals surface area (Å²) in [5.74, 6) is 0.893. The minimum atomic E-state index is 0.0699. The molecular formula is C18H19ClN2O2. The van der Waals surface area contributed by atoms with E-state index in [9.17, 15) is 4.79 Å². The molecular weight excluding hydrogens is 312 g/mol. The molecule has 0 aliphatic carbocycles. The lowest BCUT2D eigenvalue weighted by Gasteiger charge is -2.32. The fourth-order valence-electron chi connectivity index (χ4n) is 2.74. The van der Waals surface area contributed by atoms with Crippen molar-refractivity contribution in [1.82, 2.24) is 9.88 Å². The van der Waals surface area contributed by atoms with Crippen LogP contribution in [0.1, 0.15) is 28.9 Å². The van der Waals surface area contributed by atoms with Gasteiger partial charge in [-0.2, -0.15) is 0 Å². The van der Waals surface area contributed by atoms with Gasteiger partial charge in [-0.25, -0.2) is 0 Å². The lowest BCUT2D eigenvalue weighted by atomic mass is 10.1. The van der Waals surface area contributed by atoms with E-state index in [0.29, 0.717) is 23.7 Å². The second kappa shape index (κ2) is 7.01. The molecule has 0 spiro atoms. The van der Waals surface area contributed by atoms with E-state index in [4.69, 9.17) is 16.3 Å². The fraction of sp³-hybridized carbons (Fsp3) is 0.333. The van der Waals surface area contributed by atoms with E-state index in [2.05, 4.69) is 4.98 Å². The highest BCUT2D eigenvalue weighted by Crippen LogP contribution is 2.22. The second-order valence-electron chi connectivity index (χ2n) is 5.75. The number of piperidine rings is 1. The zero-order valence-electron chi connectivity index (χ0n) is 13.0. The number of aromatic nitrogens is 1. The smallest absolute Gasteiger partial charge is 0.253 e. The number of benzene rings is 1. The van der Waals surface area contributed by atoms with Crippen molar-refractivity contribution in [1.29, 1.82) is 0 Å². The molecule has 0 unspecified atom stereocenters. The maximum absolute atomic E-state index is 12.5. The number of rotatable bonds is 3. The summed E-state index contributed by atoms with van der Waals surface area (Å²) in [7, 11) is 0. The van der Waals surface area contributed by atoms with Crippen molar-refractivity contribution in [2.24, 2.45) is 0 Å². The number of ether oxygens (including phenoxy) is 1. The Kier molecular flexibility index (Phi) is 4.82. The molecule has 23 heavy (non-hydrogen) atoms. The molecule has 0 saturated carbocycles. The van der Waals surface area contributed by atoms with Crippen LogP contribution >= 0.6 is 11.6 Å². The number of carbonyl (C=O) groups is 1. The standard InChI is InChI=1S/C18H19ClN2O2/c1-13-12-14(6-9-20-13)18(22)21-10-7-17(8-11-21)23-16-4-2-15(19)3-5-16/h2-6,9,12,17H,7-8,10-11H2,1H3. The first-order chi connectivity index (χ1) is 11.1. The monoisotopic (exact) mass is 330 g/mol. The van der Waals surface area contributed by atoms with Crippen molar-refractivity contribution in [2.45, 2.75) is 25.9 Å². The molecule has 0 atom stereocenters. The van der Waals surface area contributed by atoms with Gasteiger partial charge in [-0.15, -0.1) is 0 Å². The number of halogens is 1. The van der Waals surface area contributed by atoms with E-state index in [0.717, 1.165) is 24.3 Å². The number of hydrogen-bond acceptors (Lipinski definition) is 3. The first-order valence-corrected chi connectivity index (χ1v) is 8.14. The summed E-state index contributed by atoms with van der Waals surface area (Å²) in [6.07, 6.45) is 3.48. The maximum Gasteiger partial charge on any atom is 0.253 e. The van der Waals surface area contributed by atoms with Crippen LogP contribution in [0.3, 0.4) is 0 Å². The number of carbonyl (C=O) groups excluding carboxylic acids is 1. The quantitative estimate of drug-likeness (QED) is 0.861. The predicted molar refractivity (Wildman–Crippen MR) is 90.0 cm³/mol. The number of aryl methyl sites for hydroxylation is 1. The van der Waals surface area contributed by atoms with E-state index in [-0.39, 0.29) is 12.0 Å². The van der Waals surface area contributed by atoms with E-state index in [1.165, 1.54) is 0 Å². The first-order valence-electron chi connectivity index (χ1n) is 7.76. The second-order valence-corrected chi connectivity index (χ2v) is 6.19. The molecule has 0 radical (unpaired) electrons. The summed E-state index contributed by atoms with van der Waals surface area (Å²) in [4.78, 5) is 18.5. The minimum Gasteiger partial charge on any atom is -0.490 e. The number of pyridine rings is 1. The normalized spacial score (nSPS) is 15.5. The van der Waals surface area contributed by atoms with E-state index >= 15 is 0 Å². The van der Waals surface area contributed by atoms with E-state index in [1.54, 1.807) is 12.3 Å². The summed E-state index contributed by atoms with van der Waals surface area (Å²) >= 11 is 5.87. The Labute approximate surface area is 141 Å². The number of likely N-dealkylation sites (tertiary alicyclic amines) is 1. The molecule has 1 aromatic carbocycles. The molecule has 1 fully saturated rings. The summed E-state index contributed by atoms with van der Waals surface area (Å²) in [5.41, 5.74) is 1.56. The van der Waals surface area contributed by atoms with E-state index < -0.39 is 0 Å². The molecule has 3 rings (SSSR count). The van der Waals surface area contributed by atoms with Gasteiger partial charge in [0, 0.05) is 48.4 Å². The van der Waals surface area contributed by atoms with Crippen LogP contribution in [-0.4, -0.2) is 35.0 Å². The molecule has 0 N–H and O–H groups in total. The largest absolute Gasteiger partial charge is 0.490 e. The lowest BCUT2D eigenvalue weighted by Crippen LogP contribution is -2.41. The van der Waals surface area contributed by atoms with Crippen LogP contribution in [0.2, 0.25) is 5.02 Å². The molecule has 120 valence electrons. The summed E-state index contributed by atoms with van der Waals surface area (Å²) in [6.45, 7) is 3.31. The highest BCUT2D eigenvalue weighted by molar-refractivity contribution is 6.30. The Morgan fingerprint density at radius 1 is 1.22 bits per heavy atom. The molecule has 1 aromatic heterocycles. The highest BCUT2D eigenvalue weighted by atomic mass is 35.5. The zero-order chi connectivity index (χ0) is 16.2. The Morgan fingerprint density at radius 2 is 1.91 bits per heavy atom. The fourth-order valence-corrected chi connectivity index (χ4v) is 2.87. The Bertz CT molecular complexity index is 680. The molecule has 1 saturated heterocycles. The van der Waals surface area contributed by atoms with Gasteiger partial charge >= 0.3 is 0 Å². The minimum absolute atomic E-state index is 0.0699. The molecule has 0 bridgehead atoms. The maximum atomic E-state index is 12.5. The van der Waals surface area contributed by atoms with Crippen molar-refractivity contribution in [2.75, 3.05) is 13.1 Å². The molecule has 5 heteroatoms. The van der Waals surface area contributed by atoms with Gasteiger partial charge in [0.1, 0.15) is 11.9 Å². The van der Waals surface area contributed by atoms with Crippen LogP contribution in [0.4, 0.5) is 0 Å². The summed E-state index contributed by atoms with van der Waals surface area (Å²) in [5, 5.41) is 0.699. The summed E-state index contributed by atoms with van der Waals surface area (Å²) in [6, 6.07) is 11.0. The van der Waals surface area contributed by atoms with Crippen LogP contribution < -0.4 is 4.74 Å². The van der Waals surface area contributed by atoms with Crippen LogP contribution in [0, 0.1) is 6.92 Å². The average molecular weight is 331 g/mol. The molecule has 1 aliphatic heterocycles. The van der Waals surface area contributed by atoms with Crippen molar-refractivity contribution in [3.8, 4) is 5.75 Å². The van der Waals surface area contributed by atoms with Crippen molar-refractivity contribution in [3.05, 3.63) is 58.9 Å². The van der Waals surface area contributed by atoms with Gasteiger partial charge in [0.05, 0.1) is 0 Å². The van der Waals surface area contributed by atoms with Gasteiger partial charge in [-0.1, -0.05) is 11.6 Å². The number of amides is 1. The molecule has 4 nitrogen and oxygen atoms in total. The van der Waals surface area contributed by atoms with Crippen LogP contribution in [0.5, 0.6) is 5.75 Å². The van der Waals surface area contributed by atoms with Crippen molar-refractivity contribution < 1.29 is 9.53 Å². The predicted octanol–water partition coefficient (Wildman–Crippen LogP) is 3.73. The van der Waals surface area contributed by atoms with Gasteiger partial charge in [-0.05, 0) is 43.3 Å². The Hall–Kier alpha value is -2.07. The van der Waals surface area contributed by atoms with Gasteiger partial charge in [0.2, 0.25) is 0 Å². The lowest BCUT2D eigenvalue weighted by molar-refractivity contribution is 0.0595. The Balaban J connectivity index is 1.55. The van der Waals surface area contributed by atoms with E-state index in [1.807, 2.05) is 42.2 Å². The zero-order valence-corrected chi connectivity index (χ0v) is 13.8. The third-order valence-electron chi connectivity index (χ3n) is 3.99. The SMILES string of the molecule is Cc1cc(C(=O)N2CCC(Oc3ccc(Cl)cc3)CC2)ccn1. The van der Waals surface area contributed by atoms with Crippen LogP contribution in [0.25, 0.3) is 0 Å². The molecule has 2 aromatic rings. The van der Waals surface area contributed by atoms with Crippen molar-refractivity contribution >= 4 is 17.5 Å².